The molecule has 0 unspecified atom stereocenters. The number of hydrogen-bond acceptors (Lipinski definition) is 5. The molecule has 2 aromatic rings. The minimum absolute atomic E-state index is 0.00448. The molecule has 0 aliphatic rings. The first-order valence-electron chi connectivity index (χ1n) is 7.12. The van der Waals surface area contributed by atoms with Gasteiger partial charge in [-0.25, -0.2) is 17.9 Å². The third-order valence-corrected chi connectivity index (χ3v) is 4.83. The average molecular weight is 344 g/mol. The number of sulfonamides is 1. The summed E-state index contributed by atoms with van der Waals surface area (Å²) in [5.74, 6) is -0.740. The van der Waals surface area contributed by atoms with Crippen LogP contribution in [0.3, 0.4) is 0 Å². The highest BCUT2D eigenvalue weighted by Gasteiger charge is 2.19. The third-order valence-electron chi connectivity index (χ3n) is 3.29. The Hall–Kier alpha value is -2.69. The van der Waals surface area contributed by atoms with Gasteiger partial charge in [-0.15, -0.1) is 0 Å². The van der Waals surface area contributed by atoms with Crippen molar-refractivity contribution in [1.82, 2.24) is 4.72 Å². The van der Waals surface area contributed by atoms with E-state index in [4.69, 9.17) is 10.00 Å². The van der Waals surface area contributed by atoms with Crippen molar-refractivity contribution in [2.24, 2.45) is 0 Å². The van der Waals surface area contributed by atoms with E-state index in [0.29, 0.717) is 5.56 Å². The molecule has 124 valence electrons. The van der Waals surface area contributed by atoms with Gasteiger partial charge in [0.1, 0.15) is 6.07 Å². The van der Waals surface area contributed by atoms with Crippen LogP contribution in [0.1, 0.15) is 21.5 Å². The molecule has 7 heteroatoms. The zero-order valence-electron chi connectivity index (χ0n) is 13.0. The molecule has 0 bridgehead atoms. The zero-order chi connectivity index (χ0) is 17.6. The molecule has 0 saturated carbocycles. The van der Waals surface area contributed by atoms with Crippen molar-refractivity contribution in [3.63, 3.8) is 0 Å². The summed E-state index contributed by atoms with van der Waals surface area (Å²) >= 11 is 0. The molecule has 2 aromatic carbocycles. The molecule has 6 nitrogen and oxygen atoms in total. The van der Waals surface area contributed by atoms with E-state index in [1.165, 1.54) is 18.2 Å². The molecule has 0 aliphatic carbocycles. The number of aryl methyl sites for hydroxylation is 1. The summed E-state index contributed by atoms with van der Waals surface area (Å²) in [6, 6.07) is 15.0. The van der Waals surface area contributed by atoms with E-state index in [0.717, 1.165) is 5.56 Å². The number of ether oxygens (including phenoxy) is 1. The lowest BCUT2D eigenvalue weighted by Gasteiger charge is -2.11. The third kappa shape index (κ3) is 4.41. The van der Waals surface area contributed by atoms with Gasteiger partial charge in [0.05, 0.1) is 10.5 Å². The molecular weight excluding hydrogens is 328 g/mol. The van der Waals surface area contributed by atoms with Crippen LogP contribution in [-0.4, -0.2) is 21.0 Å². The van der Waals surface area contributed by atoms with E-state index in [2.05, 4.69) is 4.72 Å². The van der Waals surface area contributed by atoms with Gasteiger partial charge >= 0.3 is 5.97 Å². The molecule has 2 rings (SSSR count). The first-order chi connectivity index (χ1) is 11.4. The first kappa shape index (κ1) is 17.7. The summed E-state index contributed by atoms with van der Waals surface area (Å²) in [5, 5.41) is 8.44. The second kappa shape index (κ2) is 7.73. The minimum Gasteiger partial charge on any atom is -0.447 e. The fraction of sp³-hybridized carbons (Fsp3) is 0.176. The van der Waals surface area contributed by atoms with Gasteiger partial charge in [0.2, 0.25) is 10.0 Å². The molecule has 0 saturated heterocycles. The highest BCUT2D eigenvalue weighted by atomic mass is 32.2. The van der Waals surface area contributed by atoms with Crippen LogP contribution in [0.4, 0.5) is 0 Å². The van der Waals surface area contributed by atoms with E-state index >= 15 is 0 Å². The zero-order valence-corrected chi connectivity index (χ0v) is 13.8. The van der Waals surface area contributed by atoms with E-state index in [1.54, 1.807) is 13.0 Å². The number of benzene rings is 2. The number of rotatable bonds is 6. The van der Waals surface area contributed by atoms with Crippen LogP contribution in [0.5, 0.6) is 0 Å². The summed E-state index contributed by atoms with van der Waals surface area (Å²) in [7, 11) is -3.79. The Bertz CT molecular complexity index is 871. The van der Waals surface area contributed by atoms with Crippen molar-refractivity contribution in [3.8, 4) is 6.07 Å². The Kier molecular flexibility index (Phi) is 5.68. The van der Waals surface area contributed by atoms with Crippen LogP contribution in [0, 0.1) is 18.3 Å². The molecule has 0 atom stereocenters. The van der Waals surface area contributed by atoms with Crippen molar-refractivity contribution >= 4 is 16.0 Å². The molecule has 0 heterocycles. The largest absolute Gasteiger partial charge is 0.447 e. The number of carbonyl (C=O) groups excluding carboxylic acids is 1. The first-order valence-corrected chi connectivity index (χ1v) is 8.60. The highest BCUT2D eigenvalue weighted by Crippen LogP contribution is 2.18. The second-order valence-electron chi connectivity index (χ2n) is 5.02. The van der Waals surface area contributed by atoms with Gasteiger partial charge in [0.25, 0.3) is 0 Å². The Labute approximate surface area is 140 Å². The molecule has 0 spiro atoms. The standard InChI is InChI=1S/C17H16N2O4S/c1-13-7-8-15(17(20)23-10-9-18)11-16(13)24(21,22)19-12-14-5-3-2-4-6-14/h2-8,11,19H,10,12H2,1H3. The Morgan fingerprint density at radius 2 is 1.92 bits per heavy atom. The van der Waals surface area contributed by atoms with E-state index in [1.807, 2.05) is 30.3 Å². The lowest BCUT2D eigenvalue weighted by atomic mass is 10.1. The van der Waals surface area contributed by atoms with E-state index < -0.39 is 16.0 Å². The van der Waals surface area contributed by atoms with Crippen LogP contribution < -0.4 is 4.72 Å². The van der Waals surface area contributed by atoms with Crippen molar-refractivity contribution in [2.75, 3.05) is 6.61 Å². The van der Waals surface area contributed by atoms with Crippen molar-refractivity contribution < 1.29 is 17.9 Å². The summed E-state index contributed by atoms with van der Waals surface area (Å²) in [6.45, 7) is 1.40. The van der Waals surface area contributed by atoms with Gasteiger partial charge in [-0.1, -0.05) is 36.4 Å². The SMILES string of the molecule is Cc1ccc(C(=O)OCC#N)cc1S(=O)(=O)NCc1ccccc1. The molecule has 1 N–H and O–H groups in total. The highest BCUT2D eigenvalue weighted by molar-refractivity contribution is 7.89. The van der Waals surface area contributed by atoms with Gasteiger partial charge < -0.3 is 4.74 Å². The second-order valence-corrected chi connectivity index (χ2v) is 6.76. The maximum absolute atomic E-state index is 12.5. The van der Waals surface area contributed by atoms with Crippen molar-refractivity contribution in [2.45, 2.75) is 18.4 Å². The van der Waals surface area contributed by atoms with Crippen LogP contribution >= 0.6 is 0 Å². The van der Waals surface area contributed by atoms with Crippen molar-refractivity contribution in [3.05, 3.63) is 65.2 Å². The van der Waals surface area contributed by atoms with Gasteiger partial charge in [-0.05, 0) is 30.2 Å². The molecule has 24 heavy (non-hydrogen) atoms. The fourth-order valence-corrected chi connectivity index (χ4v) is 3.34. The van der Waals surface area contributed by atoms with Crippen LogP contribution in [0.15, 0.2) is 53.4 Å². The molecular formula is C17H16N2O4S. The fourth-order valence-electron chi connectivity index (χ4n) is 2.05. The summed E-state index contributed by atoms with van der Waals surface area (Å²) < 4.78 is 32.2. The number of hydrogen-bond donors (Lipinski definition) is 1. The number of nitrogens with zero attached hydrogens (tertiary/aromatic N) is 1. The molecule has 0 aliphatic heterocycles. The number of nitriles is 1. The van der Waals surface area contributed by atoms with Gasteiger partial charge in [-0.3, -0.25) is 0 Å². The quantitative estimate of drug-likeness (QED) is 0.810. The topological polar surface area (TPSA) is 96.3 Å². The molecule has 0 aromatic heterocycles. The van der Waals surface area contributed by atoms with Gasteiger partial charge in [0.15, 0.2) is 6.61 Å². The number of nitrogens with one attached hydrogen (secondary N) is 1. The van der Waals surface area contributed by atoms with E-state index in [9.17, 15) is 13.2 Å². The number of carbonyl (C=O) groups is 1. The summed E-state index contributed by atoms with van der Waals surface area (Å²) in [4.78, 5) is 11.8. The van der Waals surface area contributed by atoms with Crippen LogP contribution in [0.25, 0.3) is 0 Å². The van der Waals surface area contributed by atoms with Gasteiger partial charge in [0, 0.05) is 6.54 Å². The number of esters is 1. The Morgan fingerprint density at radius 3 is 2.58 bits per heavy atom. The molecule has 0 fully saturated rings. The predicted molar refractivity (Wildman–Crippen MR) is 87.5 cm³/mol. The van der Waals surface area contributed by atoms with Gasteiger partial charge in [-0.2, -0.15) is 5.26 Å². The Morgan fingerprint density at radius 1 is 1.21 bits per heavy atom. The van der Waals surface area contributed by atoms with Crippen molar-refractivity contribution in [1.29, 1.82) is 5.26 Å². The minimum atomic E-state index is -3.79. The maximum Gasteiger partial charge on any atom is 0.339 e. The van der Waals surface area contributed by atoms with E-state index in [-0.39, 0.29) is 23.6 Å². The Balaban J connectivity index is 2.22. The lowest BCUT2D eigenvalue weighted by molar-refractivity contribution is 0.0554. The maximum atomic E-state index is 12.5. The summed E-state index contributed by atoms with van der Waals surface area (Å²) in [6.07, 6.45) is 0. The molecule has 0 radical (unpaired) electrons. The predicted octanol–water partition coefficient (Wildman–Crippen LogP) is 2.15. The summed E-state index contributed by atoms with van der Waals surface area (Å²) in [5.41, 5.74) is 1.41. The normalized spacial score (nSPS) is 10.8. The van der Waals surface area contributed by atoms with Crippen LogP contribution in [-0.2, 0) is 21.3 Å². The average Bonchev–Trinajstić information content (AvgIpc) is 2.59. The van der Waals surface area contributed by atoms with Crippen LogP contribution in [0.2, 0.25) is 0 Å². The smallest absolute Gasteiger partial charge is 0.339 e. The monoisotopic (exact) mass is 344 g/mol. The lowest BCUT2D eigenvalue weighted by Crippen LogP contribution is -2.24. The molecule has 0 amide bonds.